The summed E-state index contributed by atoms with van der Waals surface area (Å²) in [4.78, 5) is 13.9. The van der Waals surface area contributed by atoms with E-state index in [9.17, 15) is 10.1 Å². The van der Waals surface area contributed by atoms with Gasteiger partial charge in [0.15, 0.2) is 0 Å². The molecular formula is C14H18N2O2S. The van der Waals surface area contributed by atoms with Gasteiger partial charge in [-0.2, -0.15) is 5.26 Å². The lowest BCUT2D eigenvalue weighted by atomic mass is 9.97. The summed E-state index contributed by atoms with van der Waals surface area (Å²) < 4.78 is 4.93. The van der Waals surface area contributed by atoms with Gasteiger partial charge < -0.3 is 9.32 Å². The third-order valence-electron chi connectivity index (χ3n) is 3.68. The zero-order chi connectivity index (χ0) is 13.7. The van der Waals surface area contributed by atoms with Gasteiger partial charge >= 0.3 is 0 Å². The first-order valence-corrected chi connectivity index (χ1v) is 7.68. The normalized spacial score (nSPS) is 18.0. The molecule has 1 saturated heterocycles. The number of carbonyl (C=O) groups is 1. The largest absolute Gasteiger partial charge is 0.469 e. The number of furan rings is 1. The monoisotopic (exact) mass is 278 g/mol. The van der Waals surface area contributed by atoms with Crippen molar-refractivity contribution in [1.82, 2.24) is 4.90 Å². The Hall–Kier alpha value is -1.41. The van der Waals surface area contributed by atoms with Crippen LogP contribution in [0.25, 0.3) is 0 Å². The van der Waals surface area contributed by atoms with Crippen LogP contribution in [0.15, 0.2) is 22.8 Å². The van der Waals surface area contributed by atoms with E-state index >= 15 is 0 Å². The molecule has 1 aliphatic heterocycles. The fourth-order valence-corrected chi connectivity index (χ4v) is 3.00. The molecule has 0 aromatic carbocycles. The van der Waals surface area contributed by atoms with E-state index in [1.165, 1.54) is 0 Å². The van der Waals surface area contributed by atoms with Gasteiger partial charge in [0.2, 0.25) is 5.91 Å². The molecule has 0 bridgehead atoms. The molecule has 0 unspecified atom stereocenters. The molecule has 4 nitrogen and oxygen atoms in total. The van der Waals surface area contributed by atoms with E-state index in [4.69, 9.17) is 4.42 Å². The Labute approximate surface area is 117 Å². The number of thioether (sulfide) groups is 1. The number of carbonyl (C=O) groups excluding carboxylic acids is 1. The number of nitrogens with zero attached hydrogens (tertiary/aromatic N) is 2. The molecule has 0 N–H and O–H groups in total. The summed E-state index contributed by atoms with van der Waals surface area (Å²) in [5.74, 6) is 1.00. The molecule has 1 amide bonds. The van der Waals surface area contributed by atoms with Crippen LogP contribution in [-0.4, -0.2) is 34.9 Å². The Balaban J connectivity index is 1.81. The standard InChI is InChI=1S/C14H18N2O2S/c1-19-14(11-15)6-8-16(9-7-14)13(17)5-4-12-3-2-10-18-12/h2-3,10H,4-9H2,1H3. The van der Waals surface area contributed by atoms with Gasteiger partial charge in [-0.15, -0.1) is 11.8 Å². The minimum absolute atomic E-state index is 0.157. The highest BCUT2D eigenvalue weighted by atomic mass is 32.2. The lowest BCUT2D eigenvalue weighted by Crippen LogP contribution is -2.44. The quantitative estimate of drug-likeness (QED) is 0.849. The molecule has 0 radical (unpaired) electrons. The zero-order valence-electron chi connectivity index (χ0n) is 11.1. The van der Waals surface area contributed by atoms with Crippen molar-refractivity contribution in [3.8, 4) is 6.07 Å². The summed E-state index contributed by atoms with van der Waals surface area (Å²) in [6.45, 7) is 1.37. The molecule has 2 rings (SSSR count). The Morgan fingerprint density at radius 1 is 1.58 bits per heavy atom. The van der Waals surface area contributed by atoms with Crippen LogP contribution in [0.3, 0.4) is 0 Å². The molecule has 1 aromatic rings. The third-order valence-corrected chi connectivity index (χ3v) is 4.96. The van der Waals surface area contributed by atoms with Crippen molar-refractivity contribution in [2.45, 2.75) is 30.4 Å². The summed E-state index contributed by atoms with van der Waals surface area (Å²) in [7, 11) is 0. The smallest absolute Gasteiger partial charge is 0.223 e. The number of piperidine rings is 1. The van der Waals surface area contributed by atoms with Gasteiger partial charge in [0, 0.05) is 25.9 Å². The van der Waals surface area contributed by atoms with Crippen LogP contribution < -0.4 is 0 Å². The lowest BCUT2D eigenvalue weighted by Gasteiger charge is -2.36. The second-order valence-electron chi connectivity index (χ2n) is 4.77. The van der Waals surface area contributed by atoms with Crippen molar-refractivity contribution in [2.75, 3.05) is 19.3 Å². The Bertz CT molecular complexity index is 456. The van der Waals surface area contributed by atoms with E-state index in [1.54, 1.807) is 18.0 Å². The average molecular weight is 278 g/mol. The summed E-state index contributed by atoms with van der Waals surface area (Å²) in [5.41, 5.74) is 0. The van der Waals surface area contributed by atoms with E-state index in [1.807, 2.05) is 23.3 Å². The highest BCUT2D eigenvalue weighted by molar-refractivity contribution is 8.00. The third kappa shape index (κ3) is 3.32. The molecule has 19 heavy (non-hydrogen) atoms. The molecule has 0 aliphatic carbocycles. The maximum Gasteiger partial charge on any atom is 0.223 e. The molecule has 1 aliphatic rings. The van der Waals surface area contributed by atoms with Crippen LogP contribution in [0.2, 0.25) is 0 Å². The second-order valence-corrected chi connectivity index (χ2v) is 5.96. The molecule has 1 aromatic heterocycles. The summed E-state index contributed by atoms with van der Waals surface area (Å²) in [5, 5.41) is 9.21. The van der Waals surface area contributed by atoms with Gasteiger partial charge in [0.1, 0.15) is 10.5 Å². The summed E-state index contributed by atoms with van der Waals surface area (Å²) in [6, 6.07) is 6.11. The van der Waals surface area contributed by atoms with Crippen molar-refractivity contribution >= 4 is 17.7 Å². The molecule has 0 atom stereocenters. The van der Waals surface area contributed by atoms with Crippen LogP contribution in [0, 0.1) is 11.3 Å². The first-order chi connectivity index (χ1) is 9.19. The van der Waals surface area contributed by atoms with Gasteiger partial charge in [0.05, 0.1) is 12.3 Å². The number of rotatable bonds is 4. The molecule has 5 heteroatoms. The predicted octanol–water partition coefficient (Wildman–Crippen LogP) is 2.46. The topological polar surface area (TPSA) is 57.2 Å². The lowest BCUT2D eigenvalue weighted by molar-refractivity contribution is -0.132. The minimum atomic E-state index is -0.294. The second kappa shape index (κ2) is 6.16. The van der Waals surface area contributed by atoms with Crippen LogP contribution in [0.1, 0.15) is 25.0 Å². The van der Waals surface area contributed by atoms with Gasteiger partial charge in [-0.05, 0) is 31.2 Å². The Morgan fingerprint density at radius 3 is 2.84 bits per heavy atom. The van der Waals surface area contributed by atoms with Gasteiger partial charge in [-0.25, -0.2) is 0 Å². The van der Waals surface area contributed by atoms with E-state index in [0.29, 0.717) is 25.9 Å². The summed E-state index contributed by atoms with van der Waals surface area (Å²) >= 11 is 1.60. The van der Waals surface area contributed by atoms with Gasteiger partial charge in [0.25, 0.3) is 0 Å². The highest BCUT2D eigenvalue weighted by Gasteiger charge is 2.35. The average Bonchev–Trinajstić information content (AvgIpc) is 2.98. The van der Waals surface area contributed by atoms with Crippen LogP contribution >= 0.6 is 11.8 Å². The van der Waals surface area contributed by atoms with E-state index < -0.39 is 0 Å². The number of amides is 1. The maximum atomic E-state index is 12.1. The Morgan fingerprint density at radius 2 is 2.32 bits per heavy atom. The molecule has 2 heterocycles. The van der Waals surface area contributed by atoms with Crippen LogP contribution in [-0.2, 0) is 11.2 Å². The molecule has 102 valence electrons. The minimum Gasteiger partial charge on any atom is -0.469 e. The van der Waals surface area contributed by atoms with Gasteiger partial charge in [-0.3, -0.25) is 4.79 Å². The summed E-state index contributed by atoms with van der Waals surface area (Å²) in [6.07, 6.45) is 6.24. The van der Waals surface area contributed by atoms with Crippen molar-refractivity contribution in [3.05, 3.63) is 24.2 Å². The van der Waals surface area contributed by atoms with Crippen molar-refractivity contribution < 1.29 is 9.21 Å². The molecular weight excluding hydrogens is 260 g/mol. The van der Waals surface area contributed by atoms with Crippen molar-refractivity contribution in [2.24, 2.45) is 0 Å². The van der Waals surface area contributed by atoms with E-state index in [0.717, 1.165) is 18.6 Å². The number of hydrogen-bond acceptors (Lipinski definition) is 4. The zero-order valence-corrected chi connectivity index (χ0v) is 11.9. The number of nitriles is 1. The maximum absolute atomic E-state index is 12.1. The first kappa shape index (κ1) is 14.0. The number of aryl methyl sites for hydroxylation is 1. The molecule has 0 spiro atoms. The molecule has 1 fully saturated rings. The predicted molar refractivity (Wildman–Crippen MR) is 74.7 cm³/mol. The van der Waals surface area contributed by atoms with Gasteiger partial charge in [-0.1, -0.05) is 0 Å². The molecule has 0 saturated carbocycles. The van der Waals surface area contributed by atoms with Crippen LogP contribution in [0.5, 0.6) is 0 Å². The Kier molecular flexibility index (Phi) is 4.54. The van der Waals surface area contributed by atoms with Crippen molar-refractivity contribution in [1.29, 1.82) is 5.26 Å². The first-order valence-electron chi connectivity index (χ1n) is 6.46. The van der Waals surface area contributed by atoms with Crippen LogP contribution in [0.4, 0.5) is 0 Å². The number of hydrogen-bond donors (Lipinski definition) is 0. The fraction of sp³-hybridized carbons (Fsp3) is 0.571. The fourth-order valence-electron chi connectivity index (χ4n) is 2.32. The number of likely N-dealkylation sites (tertiary alicyclic amines) is 1. The van der Waals surface area contributed by atoms with Crippen molar-refractivity contribution in [3.63, 3.8) is 0 Å². The SMILES string of the molecule is CSC1(C#N)CCN(C(=O)CCc2ccco2)CC1. The highest BCUT2D eigenvalue weighted by Crippen LogP contribution is 2.33. The van der Waals surface area contributed by atoms with E-state index in [-0.39, 0.29) is 10.7 Å². The van der Waals surface area contributed by atoms with E-state index in [2.05, 4.69) is 6.07 Å².